The summed E-state index contributed by atoms with van der Waals surface area (Å²) < 4.78 is 0. The average Bonchev–Trinajstić information content (AvgIpc) is 2.88. The normalized spacial score (nSPS) is 13.2. The van der Waals surface area contributed by atoms with Crippen molar-refractivity contribution in [1.82, 2.24) is 5.32 Å². The molecular formula is C16H29NS. The lowest BCUT2D eigenvalue weighted by Crippen LogP contribution is -2.23. The third kappa shape index (κ3) is 4.74. The molecule has 18 heavy (non-hydrogen) atoms. The lowest BCUT2D eigenvalue weighted by Gasteiger charge is -2.22. The molecule has 1 atom stereocenters. The summed E-state index contributed by atoms with van der Waals surface area (Å²) >= 11 is 1.99. The first-order valence-electron chi connectivity index (χ1n) is 7.56. The van der Waals surface area contributed by atoms with Crippen molar-refractivity contribution in [2.45, 2.75) is 65.8 Å². The minimum Gasteiger partial charge on any atom is -0.309 e. The van der Waals surface area contributed by atoms with Crippen LogP contribution in [-0.2, 0) is 6.42 Å². The third-order valence-corrected chi connectivity index (χ3v) is 5.08. The molecule has 1 rings (SSSR count). The van der Waals surface area contributed by atoms with Crippen LogP contribution in [0.1, 0.15) is 69.2 Å². The lowest BCUT2D eigenvalue weighted by molar-refractivity contribution is 0.374. The number of hydrogen-bond acceptors (Lipinski definition) is 2. The Morgan fingerprint density at radius 2 is 1.83 bits per heavy atom. The smallest absolute Gasteiger partial charge is 0.0417 e. The minimum atomic E-state index is 0.570. The highest BCUT2D eigenvalue weighted by Crippen LogP contribution is 2.30. The zero-order valence-corrected chi connectivity index (χ0v) is 13.3. The minimum absolute atomic E-state index is 0.570. The number of rotatable bonds is 9. The molecule has 1 unspecified atom stereocenters. The second-order valence-corrected chi connectivity index (χ2v) is 6.28. The van der Waals surface area contributed by atoms with Crippen molar-refractivity contribution in [3.05, 3.63) is 21.9 Å². The highest BCUT2D eigenvalue weighted by atomic mass is 32.1. The van der Waals surface area contributed by atoms with Gasteiger partial charge >= 0.3 is 0 Å². The first-order valence-corrected chi connectivity index (χ1v) is 8.38. The molecule has 0 fully saturated rings. The largest absolute Gasteiger partial charge is 0.309 e. The van der Waals surface area contributed by atoms with Crippen LogP contribution in [0.15, 0.2) is 12.1 Å². The quantitative estimate of drug-likeness (QED) is 0.650. The summed E-state index contributed by atoms with van der Waals surface area (Å²) in [5.74, 6) is 0.853. The zero-order chi connectivity index (χ0) is 13.4. The molecule has 1 heterocycles. The van der Waals surface area contributed by atoms with Crippen LogP contribution in [0.3, 0.4) is 0 Å². The molecule has 0 aliphatic heterocycles. The Morgan fingerprint density at radius 3 is 2.33 bits per heavy atom. The van der Waals surface area contributed by atoms with Gasteiger partial charge in [0.15, 0.2) is 0 Å². The Morgan fingerprint density at radius 1 is 1.11 bits per heavy atom. The van der Waals surface area contributed by atoms with Crippen molar-refractivity contribution in [2.24, 2.45) is 5.92 Å². The van der Waals surface area contributed by atoms with Crippen molar-refractivity contribution >= 4 is 11.3 Å². The Hall–Kier alpha value is -0.340. The van der Waals surface area contributed by atoms with E-state index < -0.39 is 0 Å². The Labute approximate surface area is 117 Å². The fraction of sp³-hybridized carbons (Fsp3) is 0.750. The SMILES string of the molecule is CCCNC(CC(CC)CC)c1ccc(CC)s1. The van der Waals surface area contributed by atoms with Crippen LogP contribution < -0.4 is 5.32 Å². The van der Waals surface area contributed by atoms with E-state index in [-0.39, 0.29) is 0 Å². The van der Waals surface area contributed by atoms with Gasteiger partial charge < -0.3 is 5.32 Å². The van der Waals surface area contributed by atoms with Gasteiger partial charge in [-0.2, -0.15) is 0 Å². The van der Waals surface area contributed by atoms with Gasteiger partial charge in [-0.1, -0.05) is 40.5 Å². The van der Waals surface area contributed by atoms with E-state index in [2.05, 4.69) is 45.1 Å². The average molecular weight is 267 g/mol. The zero-order valence-electron chi connectivity index (χ0n) is 12.5. The van der Waals surface area contributed by atoms with E-state index in [0.29, 0.717) is 6.04 Å². The summed E-state index contributed by atoms with van der Waals surface area (Å²) in [6.07, 6.45) is 6.26. The van der Waals surface area contributed by atoms with Crippen molar-refractivity contribution < 1.29 is 0 Å². The Balaban J connectivity index is 2.69. The van der Waals surface area contributed by atoms with Gasteiger partial charge in [-0.3, -0.25) is 0 Å². The molecule has 0 amide bonds. The van der Waals surface area contributed by atoms with E-state index in [1.165, 1.54) is 35.4 Å². The number of aryl methyl sites for hydroxylation is 1. The highest BCUT2D eigenvalue weighted by molar-refractivity contribution is 7.12. The van der Waals surface area contributed by atoms with Crippen molar-refractivity contribution in [3.8, 4) is 0 Å². The molecule has 0 bridgehead atoms. The van der Waals surface area contributed by atoms with Crippen LogP contribution in [0.25, 0.3) is 0 Å². The highest BCUT2D eigenvalue weighted by Gasteiger charge is 2.17. The van der Waals surface area contributed by atoms with Gasteiger partial charge in [0, 0.05) is 15.8 Å². The van der Waals surface area contributed by atoms with Crippen molar-refractivity contribution in [2.75, 3.05) is 6.54 Å². The van der Waals surface area contributed by atoms with E-state index in [1.807, 2.05) is 11.3 Å². The maximum absolute atomic E-state index is 3.73. The van der Waals surface area contributed by atoms with Crippen molar-refractivity contribution in [3.63, 3.8) is 0 Å². The number of hydrogen-bond donors (Lipinski definition) is 1. The van der Waals surface area contributed by atoms with Gasteiger partial charge in [0.25, 0.3) is 0 Å². The second kappa shape index (κ2) is 8.71. The summed E-state index contributed by atoms with van der Waals surface area (Å²) in [7, 11) is 0. The van der Waals surface area contributed by atoms with Crippen LogP contribution in [0.2, 0.25) is 0 Å². The predicted octanol–water partition coefficient (Wildman–Crippen LogP) is 5.18. The van der Waals surface area contributed by atoms with Gasteiger partial charge in [-0.25, -0.2) is 0 Å². The van der Waals surface area contributed by atoms with E-state index >= 15 is 0 Å². The van der Waals surface area contributed by atoms with Gasteiger partial charge in [0.1, 0.15) is 0 Å². The Bertz CT molecular complexity index is 315. The first kappa shape index (κ1) is 15.7. The fourth-order valence-corrected chi connectivity index (χ4v) is 3.39. The van der Waals surface area contributed by atoms with Gasteiger partial charge in [-0.15, -0.1) is 11.3 Å². The monoisotopic (exact) mass is 267 g/mol. The number of thiophene rings is 1. The van der Waals surface area contributed by atoms with Gasteiger partial charge in [0.2, 0.25) is 0 Å². The fourth-order valence-electron chi connectivity index (χ4n) is 2.35. The third-order valence-electron chi connectivity index (χ3n) is 3.74. The summed E-state index contributed by atoms with van der Waals surface area (Å²) in [5, 5.41) is 3.73. The molecule has 0 saturated heterocycles. The molecule has 1 nitrogen and oxygen atoms in total. The number of nitrogens with one attached hydrogen (secondary N) is 1. The van der Waals surface area contributed by atoms with Crippen LogP contribution >= 0.6 is 11.3 Å². The van der Waals surface area contributed by atoms with Crippen molar-refractivity contribution in [1.29, 1.82) is 0 Å². The summed E-state index contributed by atoms with van der Waals surface area (Å²) in [4.78, 5) is 3.05. The lowest BCUT2D eigenvalue weighted by atomic mass is 9.94. The van der Waals surface area contributed by atoms with E-state index in [9.17, 15) is 0 Å². The Kier molecular flexibility index (Phi) is 7.60. The van der Waals surface area contributed by atoms with E-state index in [0.717, 1.165) is 18.9 Å². The predicted molar refractivity (Wildman–Crippen MR) is 83.4 cm³/mol. The molecule has 104 valence electrons. The summed E-state index contributed by atoms with van der Waals surface area (Å²) in [5.41, 5.74) is 0. The molecule has 0 aliphatic carbocycles. The molecule has 1 aromatic rings. The van der Waals surface area contributed by atoms with E-state index in [4.69, 9.17) is 0 Å². The molecule has 0 aromatic carbocycles. The molecule has 0 spiro atoms. The van der Waals surface area contributed by atoms with Crippen LogP contribution in [0.4, 0.5) is 0 Å². The van der Waals surface area contributed by atoms with E-state index in [1.54, 1.807) is 0 Å². The summed E-state index contributed by atoms with van der Waals surface area (Å²) in [6.45, 7) is 10.2. The van der Waals surface area contributed by atoms with Crippen LogP contribution in [0, 0.1) is 5.92 Å². The van der Waals surface area contributed by atoms with Gasteiger partial charge in [0.05, 0.1) is 0 Å². The molecule has 0 aliphatic rings. The standard InChI is InChI=1S/C16H29NS/c1-5-11-17-15(12-13(6-2)7-3)16-10-9-14(8-4)18-16/h9-10,13,15,17H,5-8,11-12H2,1-4H3. The van der Waals surface area contributed by atoms with Gasteiger partial charge in [-0.05, 0) is 43.9 Å². The maximum atomic E-state index is 3.73. The topological polar surface area (TPSA) is 12.0 Å². The maximum Gasteiger partial charge on any atom is 0.0417 e. The molecular weight excluding hydrogens is 238 g/mol. The first-order chi connectivity index (χ1) is 8.74. The molecule has 0 radical (unpaired) electrons. The summed E-state index contributed by atoms with van der Waals surface area (Å²) in [6, 6.07) is 5.20. The molecule has 2 heteroatoms. The second-order valence-electron chi connectivity index (χ2n) is 5.08. The molecule has 0 saturated carbocycles. The molecule has 1 aromatic heterocycles. The molecule has 1 N–H and O–H groups in total. The van der Waals surface area contributed by atoms with Crippen LogP contribution in [0.5, 0.6) is 0 Å². The van der Waals surface area contributed by atoms with Crippen LogP contribution in [-0.4, -0.2) is 6.54 Å².